The van der Waals surface area contributed by atoms with E-state index in [1.54, 1.807) is 12.3 Å². The number of aromatic nitrogens is 3. The second-order valence-corrected chi connectivity index (χ2v) is 4.86. The molecule has 0 atom stereocenters. The predicted octanol–water partition coefficient (Wildman–Crippen LogP) is 2.24. The van der Waals surface area contributed by atoms with Gasteiger partial charge in [-0.15, -0.1) is 0 Å². The Morgan fingerprint density at radius 2 is 2.15 bits per heavy atom. The second kappa shape index (κ2) is 5.86. The van der Waals surface area contributed by atoms with E-state index in [2.05, 4.69) is 15.4 Å². The quantitative estimate of drug-likeness (QED) is 0.928. The van der Waals surface area contributed by atoms with Gasteiger partial charge >= 0.3 is 0 Å². The number of hydrogen-bond donors (Lipinski definition) is 1. The normalized spacial score (nSPS) is 10.6. The van der Waals surface area contributed by atoms with Gasteiger partial charge in [-0.2, -0.15) is 5.10 Å². The largest absolute Gasteiger partial charge is 0.352 e. The van der Waals surface area contributed by atoms with E-state index in [4.69, 9.17) is 0 Å². The first kappa shape index (κ1) is 14.2. The van der Waals surface area contributed by atoms with Gasteiger partial charge in [-0.25, -0.2) is 0 Å². The Balaban J connectivity index is 2.37. The number of nitrogens with one attached hydrogen (secondary N) is 1. The van der Waals surface area contributed by atoms with E-state index in [1.165, 1.54) is 0 Å². The number of aryl methyl sites for hydroxylation is 2. The van der Waals surface area contributed by atoms with Crippen molar-refractivity contribution < 1.29 is 4.79 Å². The van der Waals surface area contributed by atoms with Crippen LogP contribution in [0.25, 0.3) is 11.3 Å². The lowest BCUT2D eigenvalue weighted by molar-refractivity contribution is 0.0953. The summed E-state index contributed by atoms with van der Waals surface area (Å²) in [5.41, 5.74) is 4.38. The molecule has 0 saturated heterocycles. The molecule has 2 aromatic heterocycles. The molecule has 20 heavy (non-hydrogen) atoms. The molecule has 0 saturated carbocycles. The predicted molar refractivity (Wildman–Crippen MR) is 78.5 cm³/mol. The van der Waals surface area contributed by atoms with Gasteiger partial charge in [0.05, 0.1) is 11.4 Å². The van der Waals surface area contributed by atoms with Crippen molar-refractivity contribution in [3.8, 4) is 11.3 Å². The van der Waals surface area contributed by atoms with E-state index in [-0.39, 0.29) is 5.91 Å². The average Bonchev–Trinajstić information content (AvgIpc) is 2.69. The molecule has 5 heteroatoms. The molecule has 106 valence electrons. The zero-order valence-electron chi connectivity index (χ0n) is 12.4. The van der Waals surface area contributed by atoms with Crippen molar-refractivity contribution >= 4 is 5.91 Å². The molecule has 0 spiro atoms. The Morgan fingerprint density at radius 3 is 2.75 bits per heavy atom. The fraction of sp³-hybridized carbons (Fsp3) is 0.400. The van der Waals surface area contributed by atoms with Crippen LogP contribution in [-0.2, 0) is 7.05 Å². The molecule has 0 aromatic carbocycles. The van der Waals surface area contributed by atoms with Gasteiger partial charge in [0, 0.05) is 36.6 Å². The van der Waals surface area contributed by atoms with Gasteiger partial charge in [-0.05, 0) is 32.4 Å². The number of nitrogens with zero attached hydrogens (tertiary/aromatic N) is 3. The molecule has 0 aliphatic heterocycles. The number of rotatable bonds is 4. The lowest BCUT2D eigenvalue weighted by atomic mass is 10.1. The minimum atomic E-state index is -0.0605. The minimum Gasteiger partial charge on any atom is -0.352 e. The molecule has 1 N–H and O–H groups in total. The summed E-state index contributed by atoms with van der Waals surface area (Å²) in [7, 11) is 1.91. The third kappa shape index (κ3) is 2.71. The monoisotopic (exact) mass is 272 g/mol. The van der Waals surface area contributed by atoms with Crippen molar-refractivity contribution in [1.82, 2.24) is 20.1 Å². The summed E-state index contributed by atoms with van der Waals surface area (Å²) in [5.74, 6) is -0.0605. The highest BCUT2D eigenvalue weighted by atomic mass is 16.1. The minimum absolute atomic E-state index is 0.0605. The molecule has 0 unspecified atom stereocenters. The Labute approximate surface area is 119 Å². The van der Waals surface area contributed by atoms with Gasteiger partial charge < -0.3 is 5.32 Å². The van der Waals surface area contributed by atoms with E-state index in [1.807, 2.05) is 38.6 Å². The fourth-order valence-electron chi connectivity index (χ4n) is 2.19. The number of hydrogen-bond acceptors (Lipinski definition) is 3. The van der Waals surface area contributed by atoms with E-state index >= 15 is 0 Å². The third-order valence-electron chi connectivity index (χ3n) is 3.32. The van der Waals surface area contributed by atoms with Crippen LogP contribution in [0.5, 0.6) is 0 Å². The van der Waals surface area contributed by atoms with Crippen molar-refractivity contribution in [2.75, 3.05) is 6.54 Å². The Hall–Kier alpha value is -2.17. The van der Waals surface area contributed by atoms with E-state index in [9.17, 15) is 4.79 Å². The number of pyridine rings is 1. The highest BCUT2D eigenvalue weighted by Gasteiger charge is 2.14. The first-order valence-electron chi connectivity index (χ1n) is 6.79. The SMILES string of the molecule is CCCNC(=O)c1ccnc(-c2c(C)nn(C)c2C)c1. The van der Waals surface area contributed by atoms with Gasteiger partial charge in [0.2, 0.25) is 0 Å². The van der Waals surface area contributed by atoms with Crippen molar-refractivity contribution in [2.24, 2.45) is 7.05 Å². The molecule has 0 radical (unpaired) electrons. The van der Waals surface area contributed by atoms with E-state index in [0.717, 1.165) is 29.1 Å². The molecule has 2 heterocycles. The van der Waals surface area contributed by atoms with Gasteiger partial charge in [-0.1, -0.05) is 6.92 Å². The van der Waals surface area contributed by atoms with Crippen molar-refractivity contribution in [3.05, 3.63) is 35.3 Å². The molecule has 5 nitrogen and oxygen atoms in total. The van der Waals surface area contributed by atoms with Gasteiger partial charge in [0.1, 0.15) is 0 Å². The summed E-state index contributed by atoms with van der Waals surface area (Å²) >= 11 is 0. The molecule has 0 bridgehead atoms. The molecular formula is C15H20N4O. The van der Waals surface area contributed by atoms with Crippen LogP contribution in [0.15, 0.2) is 18.3 Å². The Kier molecular flexibility index (Phi) is 4.17. The van der Waals surface area contributed by atoms with Gasteiger partial charge in [0.25, 0.3) is 5.91 Å². The lowest BCUT2D eigenvalue weighted by Crippen LogP contribution is -2.24. The smallest absolute Gasteiger partial charge is 0.251 e. The number of amides is 1. The molecular weight excluding hydrogens is 252 g/mol. The lowest BCUT2D eigenvalue weighted by Gasteiger charge is -2.06. The average molecular weight is 272 g/mol. The highest BCUT2D eigenvalue weighted by Crippen LogP contribution is 2.25. The molecule has 0 fully saturated rings. The molecule has 0 aliphatic rings. The maximum absolute atomic E-state index is 12.0. The molecule has 2 rings (SSSR count). The summed E-state index contributed by atoms with van der Waals surface area (Å²) in [5, 5.41) is 7.26. The Morgan fingerprint density at radius 1 is 1.40 bits per heavy atom. The Bertz CT molecular complexity index is 631. The topological polar surface area (TPSA) is 59.8 Å². The van der Waals surface area contributed by atoms with Crippen LogP contribution in [-0.4, -0.2) is 27.2 Å². The van der Waals surface area contributed by atoms with Crippen LogP contribution >= 0.6 is 0 Å². The van der Waals surface area contributed by atoms with Crippen molar-refractivity contribution in [3.63, 3.8) is 0 Å². The van der Waals surface area contributed by atoms with Crippen LogP contribution in [0.4, 0.5) is 0 Å². The second-order valence-electron chi connectivity index (χ2n) is 4.86. The zero-order chi connectivity index (χ0) is 14.7. The van der Waals surface area contributed by atoms with Crippen LogP contribution in [0.2, 0.25) is 0 Å². The standard InChI is InChI=1S/C15H20N4O/c1-5-7-17-15(20)12-6-8-16-13(9-12)14-10(2)18-19(4)11(14)3/h6,8-9H,5,7H2,1-4H3,(H,17,20). The van der Waals surface area contributed by atoms with Crippen molar-refractivity contribution in [1.29, 1.82) is 0 Å². The van der Waals surface area contributed by atoms with Gasteiger partial charge in [0.15, 0.2) is 0 Å². The third-order valence-corrected chi connectivity index (χ3v) is 3.32. The molecule has 1 amide bonds. The highest BCUT2D eigenvalue weighted by molar-refractivity contribution is 5.95. The van der Waals surface area contributed by atoms with Crippen LogP contribution in [0.3, 0.4) is 0 Å². The molecule has 2 aromatic rings. The molecule has 0 aliphatic carbocycles. The zero-order valence-corrected chi connectivity index (χ0v) is 12.4. The summed E-state index contributed by atoms with van der Waals surface area (Å²) in [6.45, 7) is 6.66. The maximum Gasteiger partial charge on any atom is 0.251 e. The summed E-state index contributed by atoms with van der Waals surface area (Å²) in [6, 6.07) is 3.55. The first-order valence-corrected chi connectivity index (χ1v) is 6.79. The van der Waals surface area contributed by atoms with E-state index < -0.39 is 0 Å². The number of carbonyl (C=O) groups excluding carboxylic acids is 1. The summed E-state index contributed by atoms with van der Waals surface area (Å²) < 4.78 is 1.83. The van der Waals surface area contributed by atoms with E-state index in [0.29, 0.717) is 12.1 Å². The maximum atomic E-state index is 12.0. The van der Waals surface area contributed by atoms with Crippen LogP contribution < -0.4 is 5.32 Å². The van der Waals surface area contributed by atoms with Crippen LogP contribution in [0.1, 0.15) is 35.1 Å². The van der Waals surface area contributed by atoms with Crippen molar-refractivity contribution in [2.45, 2.75) is 27.2 Å². The van der Waals surface area contributed by atoms with Gasteiger partial charge in [-0.3, -0.25) is 14.5 Å². The fourth-order valence-corrected chi connectivity index (χ4v) is 2.19. The van der Waals surface area contributed by atoms with Crippen LogP contribution in [0, 0.1) is 13.8 Å². The first-order chi connectivity index (χ1) is 9.54. The number of carbonyl (C=O) groups is 1. The summed E-state index contributed by atoms with van der Waals surface area (Å²) in [4.78, 5) is 16.4. The summed E-state index contributed by atoms with van der Waals surface area (Å²) in [6.07, 6.45) is 2.59.